The average Bonchev–Trinajstić information content (AvgIpc) is 2.91. The Morgan fingerprint density at radius 2 is 1.57 bits per heavy atom. The van der Waals surface area contributed by atoms with Crippen LogP contribution in [0.4, 0.5) is 0 Å². The summed E-state index contributed by atoms with van der Waals surface area (Å²) in [5.74, 6) is -0.635. The van der Waals surface area contributed by atoms with Gasteiger partial charge in [-0.15, -0.1) is 0 Å². The van der Waals surface area contributed by atoms with Gasteiger partial charge >= 0.3 is 141 Å². The van der Waals surface area contributed by atoms with Gasteiger partial charge in [-0.25, -0.2) is 0 Å². The zero-order valence-corrected chi connectivity index (χ0v) is 20.8. The molecule has 0 aromatic rings. The summed E-state index contributed by atoms with van der Waals surface area (Å²) in [5, 5.41) is 0. The number of hydrogen-bond donors (Lipinski definition) is 0. The van der Waals surface area contributed by atoms with Crippen LogP contribution >= 0.6 is 0 Å². The zero-order chi connectivity index (χ0) is 15.8. The third-order valence-electron chi connectivity index (χ3n) is 5.64. The summed E-state index contributed by atoms with van der Waals surface area (Å²) >= 11 is -1.71. The molecule has 0 saturated carbocycles. The van der Waals surface area contributed by atoms with Crippen LogP contribution in [-0.4, -0.2) is 5.92 Å². The molecule has 0 bridgehead atoms. The summed E-state index contributed by atoms with van der Waals surface area (Å²) in [7, 11) is 0. The summed E-state index contributed by atoms with van der Waals surface area (Å²) in [5.41, 5.74) is 4.81. The summed E-state index contributed by atoms with van der Waals surface area (Å²) in [6.07, 6.45) is 15.2. The fourth-order valence-corrected chi connectivity index (χ4v) is 34.8. The number of rotatable bonds is 5. The van der Waals surface area contributed by atoms with Crippen molar-refractivity contribution in [1.82, 2.24) is 0 Å². The topological polar surface area (TPSA) is 0 Å². The summed E-state index contributed by atoms with van der Waals surface area (Å²) < 4.78 is 0.916. The number of allylic oxidation sites excluding steroid dienone is 8. The van der Waals surface area contributed by atoms with Crippen molar-refractivity contribution >= 4 is 5.92 Å². The van der Waals surface area contributed by atoms with E-state index >= 15 is 0 Å². The molecule has 0 fully saturated rings. The maximum atomic E-state index is 2.66. The number of halogens is 2. The van der Waals surface area contributed by atoms with Crippen LogP contribution in [0.2, 0.25) is 19.3 Å². The Morgan fingerprint density at radius 3 is 1.91 bits per heavy atom. The molecule has 0 radical (unpaired) electrons. The fourth-order valence-electron chi connectivity index (χ4n) is 4.64. The Morgan fingerprint density at radius 1 is 1.04 bits per heavy atom. The SMILES string of the molecule is CCC[C]1([Zr+2]([SiH](C)C)[C]2(C)C=C(C)C(C)=C2C)C=CC=C1.[Cl-].[Cl-]. The third kappa shape index (κ3) is 4.08. The van der Waals surface area contributed by atoms with E-state index in [-0.39, 0.29) is 24.8 Å². The van der Waals surface area contributed by atoms with Gasteiger partial charge in [-0.3, -0.25) is 0 Å². The zero-order valence-electron chi connectivity index (χ0n) is 15.6. The van der Waals surface area contributed by atoms with E-state index in [1.165, 1.54) is 12.8 Å². The second kappa shape index (κ2) is 8.84. The number of hydrogen-bond acceptors (Lipinski definition) is 0. The predicted octanol–water partition coefficient (Wildman–Crippen LogP) is 0.156. The van der Waals surface area contributed by atoms with Crippen molar-refractivity contribution in [3.05, 3.63) is 47.1 Å². The van der Waals surface area contributed by atoms with Crippen molar-refractivity contribution in [2.75, 3.05) is 0 Å². The molecule has 0 N–H and O–H groups in total. The first-order valence-electron chi connectivity index (χ1n) is 8.41. The maximum absolute atomic E-state index is 2.66. The second-order valence-electron chi connectivity index (χ2n) is 7.36. The quantitative estimate of drug-likeness (QED) is 0.525. The molecule has 129 valence electrons. The minimum absolute atomic E-state index is 0. The molecule has 1 atom stereocenters. The molecule has 0 saturated heterocycles. The molecule has 0 heterocycles. The minimum Gasteiger partial charge on any atom is -1.00 e. The summed E-state index contributed by atoms with van der Waals surface area (Å²) in [4.78, 5) is 0. The van der Waals surface area contributed by atoms with E-state index in [1.807, 2.05) is 0 Å². The maximum Gasteiger partial charge on any atom is -1.00 e. The molecular weight excluding hydrogens is 418 g/mol. The molecular formula is C19H31Cl2SiZr. The first kappa shape index (κ1) is 23.6. The second-order valence-corrected chi connectivity index (χ2v) is 28.5. The molecule has 23 heavy (non-hydrogen) atoms. The van der Waals surface area contributed by atoms with Crippen molar-refractivity contribution in [2.45, 2.75) is 66.8 Å². The van der Waals surface area contributed by atoms with Gasteiger partial charge in [0.2, 0.25) is 0 Å². The van der Waals surface area contributed by atoms with Crippen LogP contribution in [0.5, 0.6) is 0 Å². The van der Waals surface area contributed by atoms with Gasteiger partial charge < -0.3 is 24.8 Å². The van der Waals surface area contributed by atoms with Crippen LogP contribution in [0.3, 0.4) is 0 Å². The van der Waals surface area contributed by atoms with Gasteiger partial charge in [0.15, 0.2) is 0 Å². The molecule has 0 aromatic heterocycles. The van der Waals surface area contributed by atoms with Gasteiger partial charge in [0.25, 0.3) is 0 Å². The normalized spacial score (nSPS) is 24.6. The standard InChI is InChI=1S/C9H13.C8H11.C2H7Si.2ClH.Zr/c1-6-5-7(2)9(4)8(6)3;1-2-5-8-6-3-4-7-8;1-3-2;;;/h5H,1-4H3;3-4,6-7H,2,5H2,1H3;3H,1-2H3;2*1H;/q;;;;;+2/p-2. The predicted molar refractivity (Wildman–Crippen MR) is 95.3 cm³/mol. The third-order valence-corrected chi connectivity index (χ3v) is 30.0. The molecule has 4 heteroatoms. The fraction of sp³-hybridized carbons (Fsp3) is 0.579. The van der Waals surface area contributed by atoms with Gasteiger partial charge in [-0.1, -0.05) is 0 Å². The summed E-state index contributed by atoms with van der Waals surface area (Å²) in [6, 6.07) is 0. The van der Waals surface area contributed by atoms with Crippen LogP contribution in [0, 0.1) is 0 Å². The molecule has 0 spiro atoms. The molecule has 1 unspecified atom stereocenters. The largest absolute Gasteiger partial charge is 1.00 e. The Balaban J connectivity index is 0.00000242. The van der Waals surface area contributed by atoms with Crippen LogP contribution in [0.15, 0.2) is 47.1 Å². The van der Waals surface area contributed by atoms with Crippen molar-refractivity contribution < 1.29 is 45.7 Å². The van der Waals surface area contributed by atoms with Crippen molar-refractivity contribution in [3.8, 4) is 0 Å². The van der Waals surface area contributed by atoms with Gasteiger partial charge in [0, 0.05) is 0 Å². The molecule has 2 rings (SSSR count). The van der Waals surface area contributed by atoms with E-state index in [9.17, 15) is 0 Å². The monoisotopic (exact) mass is 447 g/mol. The van der Waals surface area contributed by atoms with Gasteiger partial charge in [-0.05, 0) is 0 Å². The molecule has 2 aliphatic rings. The van der Waals surface area contributed by atoms with Crippen molar-refractivity contribution in [1.29, 1.82) is 0 Å². The van der Waals surface area contributed by atoms with Crippen LogP contribution in [-0.2, 0) is 20.9 Å². The van der Waals surface area contributed by atoms with E-state index < -0.39 is 26.8 Å². The molecule has 0 nitrogen and oxygen atoms in total. The van der Waals surface area contributed by atoms with E-state index in [0.717, 1.165) is 0 Å². The first-order chi connectivity index (χ1) is 9.78. The molecule has 0 aromatic carbocycles. The Kier molecular flexibility index (Phi) is 9.08. The molecule has 0 amide bonds. The van der Waals surface area contributed by atoms with Gasteiger partial charge in [-0.2, -0.15) is 0 Å². The Labute approximate surface area is 164 Å². The first-order valence-corrected chi connectivity index (χ1v) is 18.0. The van der Waals surface area contributed by atoms with E-state index in [1.54, 1.807) is 16.7 Å². The van der Waals surface area contributed by atoms with Gasteiger partial charge in [0.05, 0.1) is 0 Å². The molecule has 0 aliphatic heterocycles. The Hall–Kier alpha value is 0.640. The van der Waals surface area contributed by atoms with Gasteiger partial charge in [0.1, 0.15) is 0 Å². The average molecular weight is 450 g/mol. The van der Waals surface area contributed by atoms with Crippen LogP contribution in [0.1, 0.15) is 47.5 Å². The van der Waals surface area contributed by atoms with Crippen molar-refractivity contribution in [2.24, 2.45) is 0 Å². The smallest absolute Gasteiger partial charge is 1.00 e. The van der Waals surface area contributed by atoms with E-state index in [4.69, 9.17) is 0 Å². The van der Waals surface area contributed by atoms with Crippen LogP contribution in [0.25, 0.3) is 0 Å². The van der Waals surface area contributed by atoms with Crippen LogP contribution < -0.4 is 24.8 Å². The van der Waals surface area contributed by atoms with Crippen molar-refractivity contribution in [3.63, 3.8) is 0 Å². The molecule has 2 aliphatic carbocycles. The Bertz CT molecular complexity index is 534. The summed E-state index contributed by atoms with van der Waals surface area (Å²) in [6.45, 7) is 17.3. The van der Waals surface area contributed by atoms with E-state index in [0.29, 0.717) is 6.25 Å². The van der Waals surface area contributed by atoms with E-state index in [2.05, 4.69) is 78.1 Å². The minimum atomic E-state index is -1.71.